The van der Waals surface area contributed by atoms with E-state index >= 15 is 0 Å². The van der Waals surface area contributed by atoms with E-state index in [1.165, 1.54) is 53.3 Å². The van der Waals surface area contributed by atoms with E-state index in [4.69, 9.17) is 18.6 Å². The van der Waals surface area contributed by atoms with E-state index in [1.807, 2.05) is 0 Å². The molecule has 3 aliphatic heterocycles. The Kier molecular flexibility index (Phi) is 6.23. The van der Waals surface area contributed by atoms with E-state index in [1.54, 1.807) is 10.6 Å². The molecule has 0 aliphatic carbocycles. The average molecular weight is 619 g/mol. The van der Waals surface area contributed by atoms with Gasteiger partial charge in [-0.25, -0.2) is 9.31 Å². The minimum atomic E-state index is -1.40. The van der Waals surface area contributed by atoms with E-state index in [0.29, 0.717) is 42.4 Å². The number of nitro groups is 1. The molecule has 0 saturated carbocycles. The Morgan fingerprint density at radius 2 is 2.13 bits per heavy atom. The number of rotatable bonds is 7. The number of fused-ring (bicyclic) bond motifs is 4. The van der Waals surface area contributed by atoms with Crippen molar-refractivity contribution >= 4 is 56.9 Å². The lowest BCUT2D eigenvalue weighted by atomic mass is 9.89. The molecule has 3 aliphatic rings. The number of nitrogens with zero attached hydrogens (tertiary/aromatic N) is 4. The predicted octanol–water partition coefficient (Wildman–Crippen LogP) is 3.15. The van der Waals surface area contributed by atoms with E-state index < -0.39 is 38.6 Å². The van der Waals surface area contributed by atoms with Crippen molar-refractivity contribution in [1.82, 2.24) is 14.5 Å². The van der Waals surface area contributed by atoms with Crippen molar-refractivity contribution < 1.29 is 37.9 Å². The van der Waals surface area contributed by atoms with Crippen molar-refractivity contribution in [2.45, 2.75) is 42.4 Å². The molecule has 15 heteroatoms. The third-order valence-electron chi connectivity index (χ3n) is 6.59. The zero-order chi connectivity index (χ0) is 27.5. The number of β-lactam (4-membered cyclic amide) rings is 1. The highest BCUT2D eigenvalue weighted by molar-refractivity contribution is 9.10. The first kappa shape index (κ1) is 25.6. The van der Waals surface area contributed by atoms with Crippen LogP contribution in [0.2, 0.25) is 0 Å². The van der Waals surface area contributed by atoms with Crippen LogP contribution in [0.25, 0.3) is 5.71 Å². The van der Waals surface area contributed by atoms with Gasteiger partial charge in [0, 0.05) is 37.0 Å². The lowest BCUT2D eigenvalue weighted by Crippen LogP contribution is -2.70. The number of oxazole rings is 1. The fraction of sp³-hybridized carbons (Fsp3) is 0.333. The second kappa shape index (κ2) is 9.50. The van der Waals surface area contributed by atoms with Crippen LogP contribution >= 0.6 is 27.7 Å². The Morgan fingerprint density at radius 3 is 2.85 bits per heavy atom. The first-order valence-electron chi connectivity index (χ1n) is 11.7. The van der Waals surface area contributed by atoms with Crippen molar-refractivity contribution in [2.24, 2.45) is 0 Å². The third kappa shape index (κ3) is 4.11. The summed E-state index contributed by atoms with van der Waals surface area (Å²) < 4.78 is 22.5. The molecule has 1 saturated heterocycles. The van der Waals surface area contributed by atoms with E-state index in [-0.39, 0.29) is 18.0 Å². The zero-order valence-electron chi connectivity index (χ0n) is 20.2. The van der Waals surface area contributed by atoms with E-state index in [0.717, 1.165) is 5.69 Å². The monoisotopic (exact) mass is 618 g/mol. The number of ether oxygens (including phenoxy) is 3. The first-order chi connectivity index (χ1) is 18.7. The molecule has 1 fully saturated rings. The van der Waals surface area contributed by atoms with Crippen LogP contribution in [0.5, 0.6) is 0 Å². The Bertz CT molecular complexity index is 1570. The Hall–Kier alpha value is -3.69. The second-order valence-corrected chi connectivity index (χ2v) is 11.3. The maximum absolute atomic E-state index is 13.5. The summed E-state index contributed by atoms with van der Waals surface area (Å²) in [7, 11) is 0. The number of carbonyl (C=O) groups excluding carboxylic acids is 3. The van der Waals surface area contributed by atoms with E-state index in [2.05, 4.69) is 21.0 Å². The molecule has 3 atom stereocenters. The van der Waals surface area contributed by atoms with Gasteiger partial charge in [0.15, 0.2) is 16.2 Å². The standard InChI is InChI=1S/C24H19BrN4O9S/c1-12(30)37-20(15-8-19-28(26-15)16-6-7-35-10-18(16)38-19)24(25)22(32)27-17(11-39-23(24)27)21(31)36-9-13-2-4-14(5-3-13)29(33)34/h2-5,8,11,20,23H,6-7,9-10H2,1H3/t20?,23-,24?/m1/s1. The smallest absolute Gasteiger partial charge is 0.355 e. The number of esters is 2. The van der Waals surface area contributed by atoms with Crippen LogP contribution in [0.4, 0.5) is 5.69 Å². The summed E-state index contributed by atoms with van der Waals surface area (Å²) in [6, 6.07) is 7.22. The average Bonchev–Trinajstić information content (AvgIpc) is 3.62. The zero-order valence-corrected chi connectivity index (χ0v) is 22.6. The molecule has 2 unspecified atom stereocenters. The van der Waals surface area contributed by atoms with Crippen LogP contribution in [0.1, 0.15) is 35.7 Å². The highest BCUT2D eigenvalue weighted by Gasteiger charge is 2.69. The van der Waals surface area contributed by atoms with Crippen molar-refractivity contribution in [1.29, 1.82) is 0 Å². The van der Waals surface area contributed by atoms with Crippen molar-refractivity contribution in [3.63, 3.8) is 0 Å². The fourth-order valence-electron chi connectivity index (χ4n) is 4.72. The summed E-state index contributed by atoms with van der Waals surface area (Å²) in [6.07, 6.45) is -0.507. The summed E-state index contributed by atoms with van der Waals surface area (Å²) >= 11 is 4.74. The number of hydrogen-bond donors (Lipinski definition) is 0. The molecule has 0 bridgehead atoms. The molecule has 1 amide bonds. The minimum absolute atomic E-state index is 0.0428. The van der Waals surface area contributed by atoms with Gasteiger partial charge in [-0.3, -0.25) is 24.6 Å². The molecule has 39 heavy (non-hydrogen) atoms. The second-order valence-electron chi connectivity index (χ2n) is 9.02. The third-order valence-corrected chi connectivity index (χ3v) is 9.28. The van der Waals surface area contributed by atoms with Crippen LogP contribution in [-0.2, 0) is 48.2 Å². The summed E-state index contributed by atoms with van der Waals surface area (Å²) in [5.41, 5.74) is 2.12. The molecule has 1 aromatic carbocycles. The number of nitro benzene ring substituents is 1. The SMILES string of the molecule is CC(=O)OC(c1cc2oc3c(n2n1)CCOC3)C1(Br)C(=O)N2C(C(=O)OCc3ccc([N+](=O)[O-])cc3)=CS[C@@H]21. The molecule has 0 N–H and O–H groups in total. The molecule has 13 nitrogen and oxygen atoms in total. The largest absolute Gasteiger partial charge is 0.456 e. The van der Waals surface area contributed by atoms with Crippen LogP contribution in [0, 0.1) is 10.1 Å². The molecule has 5 heterocycles. The Balaban J connectivity index is 1.20. The topological polar surface area (TPSA) is 156 Å². The van der Waals surface area contributed by atoms with Crippen LogP contribution in [-0.4, -0.2) is 53.6 Å². The van der Waals surface area contributed by atoms with Gasteiger partial charge in [0.1, 0.15) is 30.0 Å². The van der Waals surface area contributed by atoms with Crippen LogP contribution < -0.4 is 0 Å². The van der Waals surface area contributed by atoms with Gasteiger partial charge in [-0.15, -0.1) is 11.8 Å². The predicted molar refractivity (Wildman–Crippen MR) is 136 cm³/mol. The number of halogens is 1. The molecular formula is C24H19BrN4O9S. The lowest BCUT2D eigenvalue weighted by Gasteiger charge is -2.51. The number of non-ortho nitro benzene ring substituents is 1. The molecule has 2 aromatic heterocycles. The van der Waals surface area contributed by atoms with Gasteiger partial charge in [-0.05, 0) is 17.7 Å². The number of benzene rings is 1. The van der Waals surface area contributed by atoms with Gasteiger partial charge in [0.2, 0.25) is 5.71 Å². The van der Waals surface area contributed by atoms with Crippen LogP contribution in [0.15, 0.2) is 45.9 Å². The maximum Gasteiger partial charge on any atom is 0.355 e. The van der Waals surface area contributed by atoms with Gasteiger partial charge in [-0.2, -0.15) is 5.10 Å². The number of carbonyl (C=O) groups is 3. The summed E-state index contributed by atoms with van der Waals surface area (Å²) in [6.45, 7) is 1.97. The summed E-state index contributed by atoms with van der Waals surface area (Å²) in [5.74, 6) is -1.17. The first-order valence-corrected chi connectivity index (χ1v) is 13.5. The van der Waals surface area contributed by atoms with Gasteiger partial charge in [0.05, 0.1) is 17.2 Å². The number of amides is 1. The quantitative estimate of drug-likeness (QED) is 0.126. The van der Waals surface area contributed by atoms with Crippen LogP contribution in [0.3, 0.4) is 0 Å². The van der Waals surface area contributed by atoms with Crippen molar-refractivity contribution in [3.05, 3.63) is 74.3 Å². The number of thioether (sulfide) groups is 1. The molecule has 6 rings (SSSR count). The number of alkyl halides is 1. The Morgan fingerprint density at radius 1 is 1.36 bits per heavy atom. The van der Waals surface area contributed by atoms with Gasteiger partial charge in [-0.1, -0.05) is 15.9 Å². The van der Waals surface area contributed by atoms with Gasteiger partial charge >= 0.3 is 11.9 Å². The normalized spacial score (nSPS) is 22.5. The number of aromatic nitrogens is 2. The van der Waals surface area contributed by atoms with Crippen molar-refractivity contribution in [3.8, 4) is 0 Å². The number of hydrogen-bond acceptors (Lipinski definition) is 11. The molecular weight excluding hydrogens is 600 g/mol. The molecule has 0 spiro atoms. The summed E-state index contributed by atoms with van der Waals surface area (Å²) in [5, 5.41) is 16.3. The minimum Gasteiger partial charge on any atom is -0.456 e. The molecule has 0 radical (unpaired) electrons. The highest BCUT2D eigenvalue weighted by Crippen LogP contribution is 2.58. The molecule has 3 aromatic rings. The lowest BCUT2D eigenvalue weighted by molar-refractivity contribution is -0.384. The molecule has 202 valence electrons. The van der Waals surface area contributed by atoms with Gasteiger partial charge in [0.25, 0.3) is 11.6 Å². The fourth-order valence-corrected chi connectivity index (χ4v) is 6.99. The van der Waals surface area contributed by atoms with E-state index in [9.17, 15) is 24.5 Å². The highest BCUT2D eigenvalue weighted by atomic mass is 79.9. The Labute approximate surface area is 232 Å². The maximum atomic E-state index is 13.5. The summed E-state index contributed by atoms with van der Waals surface area (Å²) in [4.78, 5) is 50.0. The van der Waals surface area contributed by atoms with Gasteiger partial charge < -0.3 is 18.6 Å². The van der Waals surface area contributed by atoms with Crippen molar-refractivity contribution in [2.75, 3.05) is 6.61 Å².